The Kier molecular flexibility index (Phi) is 3.97. The first-order valence-corrected chi connectivity index (χ1v) is 5.88. The van der Waals surface area contributed by atoms with E-state index >= 15 is 0 Å². The molecule has 2 aromatic rings. The molecule has 2 N–H and O–H groups in total. The maximum Gasteiger partial charge on any atom is 0.354 e. The molecule has 5 nitrogen and oxygen atoms in total. The molecule has 0 bridgehead atoms. The van der Waals surface area contributed by atoms with Gasteiger partial charge in [-0.05, 0) is 43.3 Å². The summed E-state index contributed by atoms with van der Waals surface area (Å²) in [5, 5.41) is 12.0. The van der Waals surface area contributed by atoms with Gasteiger partial charge in [-0.25, -0.2) is 9.78 Å². The van der Waals surface area contributed by atoms with Crippen LogP contribution >= 0.6 is 0 Å². The SMILES string of the molecule is CCOc1ccc(Nc2ccnc(C(=O)O)c2)cc1. The minimum Gasteiger partial charge on any atom is -0.494 e. The van der Waals surface area contributed by atoms with Crippen molar-refractivity contribution in [1.29, 1.82) is 0 Å². The number of carboxylic acid groups (broad SMARTS) is 1. The molecular formula is C14H14N2O3. The number of ether oxygens (including phenoxy) is 1. The summed E-state index contributed by atoms with van der Waals surface area (Å²) in [4.78, 5) is 14.6. The highest BCUT2D eigenvalue weighted by molar-refractivity contribution is 5.86. The monoisotopic (exact) mass is 258 g/mol. The number of hydrogen-bond donors (Lipinski definition) is 2. The second-order valence-electron chi connectivity index (χ2n) is 3.82. The Bertz CT molecular complexity index is 567. The summed E-state index contributed by atoms with van der Waals surface area (Å²) in [7, 11) is 0. The van der Waals surface area contributed by atoms with Crippen LogP contribution in [-0.2, 0) is 0 Å². The van der Waals surface area contributed by atoms with Crippen LogP contribution in [0, 0.1) is 0 Å². The van der Waals surface area contributed by atoms with Crippen molar-refractivity contribution in [1.82, 2.24) is 4.98 Å². The van der Waals surface area contributed by atoms with Gasteiger partial charge in [0.25, 0.3) is 0 Å². The van der Waals surface area contributed by atoms with E-state index in [0.717, 1.165) is 11.4 Å². The number of carbonyl (C=O) groups is 1. The van der Waals surface area contributed by atoms with E-state index < -0.39 is 5.97 Å². The molecule has 0 radical (unpaired) electrons. The van der Waals surface area contributed by atoms with Gasteiger partial charge >= 0.3 is 5.97 Å². The van der Waals surface area contributed by atoms with Crippen LogP contribution in [-0.4, -0.2) is 22.7 Å². The molecule has 1 aromatic heterocycles. The van der Waals surface area contributed by atoms with Gasteiger partial charge < -0.3 is 15.2 Å². The number of aromatic carboxylic acids is 1. The van der Waals surface area contributed by atoms with Gasteiger partial charge in [0, 0.05) is 17.6 Å². The summed E-state index contributed by atoms with van der Waals surface area (Å²) in [5.41, 5.74) is 1.54. The molecule has 0 amide bonds. The zero-order valence-electron chi connectivity index (χ0n) is 10.5. The highest BCUT2D eigenvalue weighted by Crippen LogP contribution is 2.20. The maximum absolute atomic E-state index is 10.8. The summed E-state index contributed by atoms with van der Waals surface area (Å²) in [6.45, 7) is 2.55. The lowest BCUT2D eigenvalue weighted by Gasteiger charge is -2.08. The van der Waals surface area contributed by atoms with E-state index in [-0.39, 0.29) is 5.69 Å². The zero-order chi connectivity index (χ0) is 13.7. The Morgan fingerprint density at radius 3 is 2.63 bits per heavy atom. The van der Waals surface area contributed by atoms with Crippen molar-refractivity contribution in [2.45, 2.75) is 6.92 Å². The number of benzene rings is 1. The van der Waals surface area contributed by atoms with E-state index in [1.807, 2.05) is 31.2 Å². The molecule has 0 fully saturated rings. The molecule has 0 saturated carbocycles. The van der Waals surface area contributed by atoms with E-state index in [1.165, 1.54) is 12.3 Å². The smallest absolute Gasteiger partial charge is 0.354 e. The van der Waals surface area contributed by atoms with Crippen molar-refractivity contribution >= 4 is 17.3 Å². The van der Waals surface area contributed by atoms with Crippen LogP contribution in [0.3, 0.4) is 0 Å². The number of nitrogens with one attached hydrogen (secondary N) is 1. The molecular weight excluding hydrogens is 244 g/mol. The molecule has 0 aliphatic rings. The summed E-state index contributed by atoms with van der Waals surface area (Å²) in [5.74, 6) is -0.246. The van der Waals surface area contributed by atoms with Crippen LogP contribution in [0.2, 0.25) is 0 Å². The Balaban J connectivity index is 2.12. The molecule has 98 valence electrons. The summed E-state index contributed by atoms with van der Waals surface area (Å²) >= 11 is 0. The molecule has 2 rings (SSSR count). The second-order valence-corrected chi connectivity index (χ2v) is 3.82. The molecule has 0 atom stereocenters. The number of aromatic nitrogens is 1. The third-order valence-electron chi connectivity index (χ3n) is 2.43. The van der Waals surface area contributed by atoms with E-state index in [4.69, 9.17) is 9.84 Å². The first-order chi connectivity index (χ1) is 9.19. The minimum atomic E-state index is -1.05. The molecule has 1 heterocycles. The second kappa shape index (κ2) is 5.86. The van der Waals surface area contributed by atoms with Gasteiger partial charge in [0.2, 0.25) is 0 Å². The normalized spacial score (nSPS) is 9.95. The van der Waals surface area contributed by atoms with Crippen molar-refractivity contribution in [3.63, 3.8) is 0 Å². The van der Waals surface area contributed by atoms with Crippen LogP contribution in [0.15, 0.2) is 42.6 Å². The molecule has 0 saturated heterocycles. The molecule has 19 heavy (non-hydrogen) atoms. The van der Waals surface area contributed by atoms with Crippen molar-refractivity contribution < 1.29 is 14.6 Å². The fraction of sp³-hybridized carbons (Fsp3) is 0.143. The topological polar surface area (TPSA) is 71.5 Å². The van der Waals surface area contributed by atoms with Gasteiger partial charge in [-0.15, -0.1) is 0 Å². The van der Waals surface area contributed by atoms with Crippen LogP contribution in [0.5, 0.6) is 5.75 Å². The first kappa shape index (κ1) is 12.9. The number of pyridine rings is 1. The van der Waals surface area contributed by atoms with Crippen molar-refractivity contribution in [2.24, 2.45) is 0 Å². The predicted octanol–water partition coefficient (Wildman–Crippen LogP) is 2.92. The Labute approximate surface area is 110 Å². The number of hydrogen-bond acceptors (Lipinski definition) is 4. The van der Waals surface area contributed by atoms with Crippen molar-refractivity contribution in [3.05, 3.63) is 48.3 Å². The first-order valence-electron chi connectivity index (χ1n) is 5.88. The lowest BCUT2D eigenvalue weighted by Crippen LogP contribution is -2.01. The third kappa shape index (κ3) is 3.45. The summed E-state index contributed by atoms with van der Waals surface area (Å²) in [6.07, 6.45) is 1.46. The molecule has 1 aromatic carbocycles. The average Bonchev–Trinajstić information content (AvgIpc) is 2.42. The molecule has 0 aliphatic carbocycles. The maximum atomic E-state index is 10.8. The summed E-state index contributed by atoms with van der Waals surface area (Å²) in [6, 6.07) is 10.6. The Morgan fingerprint density at radius 2 is 2.00 bits per heavy atom. The van der Waals surface area contributed by atoms with E-state index in [1.54, 1.807) is 6.07 Å². The number of nitrogens with zero attached hydrogens (tertiary/aromatic N) is 1. The van der Waals surface area contributed by atoms with Gasteiger partial charge in [-0.3, -0.25) is 0 Å². The molecule has 5 heteroatoms. The van der Waals surface area contributed by atoms with E-state index in [0.29, 0.717) is 12.3 Å². The van der Waals surface area contributed by atoms with Crippen molar-refractivity contribution in [2.75, 3.05) is 11.9 Å². The van der Waals surface area contributed by atoms with E-state index in [2.05, 4.69) is 10.3 Å². The number of anilines is 2. The van der Waals surface area contributed by atoms with Crippen LogP contribution in [0.4, 0.5) is 11.4 Å². The fourth-order valence-electron chi connectivity index (χ4n) is 1.59. The largest absolute Gasteiger partial charge is 0.494 e. The van der Waals surface area contributed by atoms with Crippen LogP contribution in [0.25, 0.3) is 0 Å². The van der Waals surface area contributed by atoms with Gasteiger partial charge in [0.05, 0.1) is 6.61 Å². The van der Waals surface area contributed by atoms with Gasteiger partial charge in [-0.2, -0.15) is 0 Å². The quantitative estimate of drug-likeness (QED) is 0.862. The van der Waals surface area contributed by atoms with Crippen LogP contribution in [0.1, 0.15) is 17.4 Å². The lowest BCUT2D eigenvalue weighted by molar-refractivity contribution is 0.0690. The molecule has 0 aliphatic heterocycles. The predicted molar refractivity (Wildman–Crippen MR) is 72.1 cm³/mol. The number of rotatable bonds is 5. The zero-order valence-corrected chi connectivity index (χ0v) is 10.5. The minimum absolute atomic E-state index is 0.0101. The van der Waals surface area contributed by atoms with Gasteiger partial charge in [0.1, 0.15) is 11.4 Å². The highest BCUT2D eigenvalue weighted by atomic mass is 16.5. The molecule has 0 spiro atoms. The summed E-state index contributed by atoms with van der Waals surface area (Å²) < 4.78 is 5.35. The highest BCUT2D eigenvalue weighted by Gasteiger charge is 2.05. The van der Waals surface area contributed by atoms with Crippen LogP contribution < -0.4 is 10.1 Å². The number of carboxylic acids is 1. The Morgan fingerprint density at radius 1 is 1.26 bits per heavy atom. The van der Waals surface area contributed by atoms with Gasteiger partial charge in [0.15, 0.2) is 0 Å². The lowest BCUT2D eigenvalue weighted by atomic mass is 10.2. The van der Waals surface area contributed by atoms with Crippen molar-refractivity contribution in [3.8, 4) is 5.75 Å². The van der Waals surface area contributed by atoms with E-state index in [9.17, 15) is 4.79 Å². The van der Waals surface area contributed by atoms with Gasteiger partial charge in [-0.1, -0.05) is 0 Å². The third-order valence-corrected chi connectivity index (χ3v) is 2.43. The standard InChI is InChI=1S/C14H14N2O3/c1-2-19-12-5-3-10(4-6-12)16-11-7-8-15-13(9-11)14(17)18/h3-9H,2H2,1H3,(H,15,16)(H,17,18). The molecule has 0 unspecified atom stereocenters. The average molecular weight is 258 g/mol. The fourth-order valence-corrected chi connectivity index (χ4v) is 1.59. The Hall–Kier alpha value is -2.56.